The quantitative estimate of drug-likeness (QED) is 0.711. The van der Waals surface area contributed by atoms with Crippen LogP contribution in [0.3, 0.4) is 0 Å². The molecule has 0 aliphatic rings. The molecule has 0 radical (unpaired) electrons. The molecule has 2 aromatic rings. The van der Waals surface area contributed by atoms with E-state index in [9.17, 15) is 4.39 Å². The van der Waals surface area contributed by atoms with Crippen LogP contribution >= 0.6 is 11.8 Å². The number of hydrogen-bond acceptors (Lipinski definition) is 5. The molecule has 0 aliphatic carbocycles. The summed E-state index contributed by atoms with van der Waals surface area (Å²) in [5.41, 5.74) is 0. The second-order valence-electron chi connectivity index (χ2n) is 2.50. The van der Waals surface area contributed by atoms with Crippen molar-refractivity contribution < 1.29 is 8.81 Å². The van der Waals surface area contributed by atoms with Gasteiger partial charge in [-0.05, 0) is 17.8 Å². The van der Waals surface area contributed by atoms with Gasteiger partial charge >= 0.3 is 0 Å². The van der Waals surface area contributed by atoms with Crippen molar-refractivity contribution in [1.29, 1.82) is 0 Å². The van der Waals surface area contributed by atoms with Crippen molar-refractivity contribution in [2.45, 2.75) is 17.0 Å². The standard InChI is InChI=1S/C8H6FN3OS/c1-5-11-12-8(13-5)14-6-2-3-10-7(9)4-6/h2-4H,1H3. The van der Waals surface area contributed by atoms with Gasteiger partial charge < -0.3 is 4.42 Å². The van der Waals surface area contributed by atoms with Crippen LogP contribution in [-0.2, 0) is 0 Å². The fourth-order valence-electron chi connectivity index (χ4n) is 0.869. The van der Waals surface area contributed by atoms with Crippen molar-refractivity contribution in [3.63, 3.8) is 0 Å². The number of halogens is 1. The van der Waals surface area contributed by atoms with Gasteiger partial charge in [-0.15, -0.1) is 10.2 Å². The molecular formula is C8H6FN3OS. The minimum atomic E-state index is -0.522. The molecule has 2 aromatic heterocycles. The van der Waals surface area contributed by atoms with E-state index >= 15 is 0 Å². The van der Waals surface area contributed by atoms with Gasteiger partial charge in [-0.3, -0.25) is 0 Å². The third kappa shape index (κ3) is 2.08. The van der Waals surface area contributed by atoms with E-state index in [2.05, 4.69) is 15.2 Å². The Morgan fingerprint density at radius 2 is 2.29 bits per heavy atom. The SMILES string of the molecule is Cc1nnc(Sc2ccnc(F)c2)o1. The maximum Gasteiger partial charge on any atom is 0.281 e. The fourth-order valence-corrected chi connectivity index (χ4v) is 1.60. The zero-order chi connectivity index (χ0) is 9.97. The molecule has 4 nitrogen and oxygen atoms in total. The molecule has 0 N–H and O–H groups in total. The van der Waals surface area contributed by atoms with Gasteiger partial charge in [0.25, 0.3) is 5.22 Å². The van der Waals surface area contributed by atoms with E-state index in [1.807, 2.05) is 0 Å². The van der Waals surface area contributed by atoms with Crippen molar-refractivity contribution in [1.82, 2.24) is 15.2 Å². The first-order valence-electron chi connectivity index (χ1n) is 3.83. The molecule has 2 heterocycles. The summed E-state index contributed by atoms with van der Waals surface area (Å²) in [4.78, 5) is 4.12. The second-order valence-corrected chi connectivity index (χ2v) is 3.53. The summed E-state index contributed by atoms with van der Waals surface area (Å²) in [6.45, 7) is 1.70. The van der Waals surface area contributed by atoms with Crippen LogP contribution in [-0.4, -0.2) is 15.2 Å². The van der Waals surface area contributed by atoms with Crippen LogP contribution in [0.25, 0.3) is 0 Å². The predicted octanol–water partition coefficient (Wildman–Crippen LogP) is 2.06. The van der Waals surface area contributed by atoms with Crippen molar-refractivity contribution in [3.05, 3.63) is 30.2 Å². The normalized spacial score (nSPS) is 10.4. The maximum atomic E-state index is 12.7. The molecule has 0 spiro atoms. The van der Waals surface area contributed by atoms with Crippen LogP contribution in [0.1, 0.15) is 5.89 Å². The largest absolute Gasteiger partial charge is 0.416 e. The first kappa shape index (κ1) is 9.14. The minimum absolute atomic E-state index is 0.396. The molecule has 14 heavy (non-hydrogen) atoms. The molecule has 0 saturated heterocycles. The Labute approximate surface area is 83.6 Å². The highest BCUT2D eigenvalue weighted by Gasteiger charge is 2.05. The van der Waals surface area contributed by atoms with Gasteiger partial charge in [0, 0.05) is 24.1 Å². The van der Waals surface area contributed by atoms with E-state index in [0.29, 0.717) is 16.0 Å². The summed E-state index contributed by atoms with van der Waals surface area (Å²) in [5, 5.41) is 7.83. The molecule has 0 aromatic carbocycles. The van der Waals surface area contributed by atoms with E-state index in [4.69, 9.17) is 4.42 Å². The summed E-state index contributed by atoms with van der Waals surface area (Å²) in [7, 11) is 0. The summed E-state index contributed by atoms with van der Waals surface area (Å²) >= 11 is 1.20. The molecule has 0 aliphatic heterocycles. The third-order valence-corrected chi connectivity index (χ3v) is 2.24. The molecule has 2 rings (SSSR count). The number of hydrogen-bond donors (Lipinski definition) is 0. The van der Waals surface area contributed by atoms with E-state index in [1.54, 1.807) is 13.0 Å². The molecule has 0 unspecified atom stereocenters. The summed E-state index contributed by atoms with van der Waals surface area (Å²) in [6.07, 6.45) is 1.39. The first-order chi connectivity index (χ1) is 6.74. The molecule has 0 atom stereocenters. The van der Waals surface area contributed by atoms with E-state index in [1.165, 1.54) is 24.0 Å². The lowest BCUT2D eigenvalue weighted by molar-refractivity contribution is 0.429. The van der Waals surface area contributed by atoms with Crippen LogP contribution in [0.2, 0.25) is 0 Å². The van der Waals surface area contributed by atoms with Crippen LogP contribution in [0, 0.1) is 12.9 Å². The van der Waals surface area contributed by atoms with Gasteiger partial charge in [-0.2, -0.15) is 4.39 Å². The molecule has 0 fully saturated rings. The van der Waals surface area contributed by atoms with E-state index < -0.39 is 5.95 Å². The Morgan fingerprint density at radius 3 is 2.93 bits per heavy atom. The van der Waals surface area contributed by atoms with E-state index in [0.717, 1.165) is 0 Å². The van der Waals surface area contributed by atoms with Gasteiger partial charge in [0.05, 0.1) is 0 Å². The van der Waals surface area contributed by atoms with Gasteiger partial charge in [0.1, 0.15) is 0 Å². The molecule has 0 bridgehead atoms. The highest BCUT2D eigenvalue weighted by molar-refractivity contribution is 7.99. The average Bonchev–Trinajstić information content (AvgIpc) is 2.51. The summed E-state index contributed by atoms with van der Waals surface area (Å²) < 4.78 is 17.8. The lowest BCUT2D eigenvalue weighted by Gasteiger charge is -1.94. The first-order valence-corrected chi connectivity index (χ1v) is 4.65. The van der Waals surface area contributed by atoms with Gasteiger partial charge in [-0.25, -0.2) is 4.98 Å². The van der Waals surface area contributed by atoms with Crippen molar-refractivity contribution in [3.8, 4) is 0 Å². The number of pyridine rings is 1. The predicted molar refractivity (Wildman–Crippen MR) is 47.4 cm³/mol. The van der Waals surface area contributed by atoms with Crippen LogP contribution < -0.4 is 0 Å². The van der Waals surface area contributed by atoms with Crippen molar-refractivity contribution >= 4 is 11.8 Å². The van der Waals surface area contributed by atoms with Gasteiger partial charge in [-0.1, -0.05) is 0 Å². The number of rotatable bonds is 2. The topological polar surface area (TPSA) is 51.8 Å². The lowest BCUT2D eigenvalue weighted by Crippen LogP contribution is -1.81. The van der Waals surface area contributed by atoms with E-state index in [-0.39, 0.29) is 0 Å². The van der Waals surface area contributed by atoms with Crippen LogP contribution in [0.15, 0.2) is 32.9 Å². The molecule has 0 amide bonds. The third-order valence-electron chi connectivity index (χ3n) is 1.41. The second kappa shape index (κ2) is 3.75. The summed E-state index contributed by atoms with van der Waals surface area (Å²) in [5.74, 6) is -0.0340. The average molecular weight is 211 g/mol. The summed E-state index contributed by atoms with van der Waals surface area (Å²) in [6, 6.07) is 2.98. The maximum absolute atomic E-state index is 12.7. The minimum Gasteiger partial charge on any atom is -0.416 e. The van der Waals surface area contributed by atoms with Crippen molar-refractivity contribution in [2.75, 3.05) is 0 Å². The Morgan fingerprint density at radius 1 is 1.43 bits per heavy atom. The van der Waals surface area contributed by atoms with Crippen LogP contribution in [0.4, 0.5) is 4.39 Å². The van der Waals surface area contributed by atoms with Gasteiger partial charge in [0.15, 0.2) is 0 Å². The number of nitrogens with zero attached hydrogens (tertiary/aromatic N) is 3. The highest BCUT2D eigenvalue weighted by Crippen LogP contribution is 2.25. The van der Waals surface area contributed by atoms with Crippen molar-refractivity contribution in [2.24, 2.45) is 0 Å². The Bertz CT molecular complexity index is 446. The van der Waals surface area contributed by atoms with Crippen LogP contribution in [0.5, 0.6) is 0 Å². The zero-order valence-corrected chi connectivity index (χ0v) is 8.08. The molecule has 0 saturated carbocycles. The monoisotopic (exact) mass is 211 g/mol. The Hall–Kier alpha value is -1.43. The molecule has 6 heteroatoms. The highest BCUT2D eigenvalue weighted by atomic mass is 32.2. The smallest absolute Gasteiger partial charge is 0.281 e. The molecular weight excluding hydrogens is 205 g/mol. The van der Waals surface area contributed by atoms with Gasteiger partial charge in [0.2, 0.25) is 11.8 Å². The zero-order valence-electron chi connectivity index (χ0n) is 7.27. The Kier molecular flexibility index (Phi) is 2.45. The molecule has 72 valence electrons. The lowest BCUT2D eigenvalue weighted by atomic mass is 10.5. The fraction of sp³-hybridized carbons (Fsp3) is 0.125. The Balaban J connectivity index is 2.18. The number of aryl methyl sites for hydroxylation is 1. The number of aromatic nitrogens is 3.